The van der Waals surface area contributed by atoms with Gasteiger partial charge in [0.25, 0.3) is 0 Å². The number of hydrogen-bond donors (Lipinski definition) is 0. The lowest BCUT2D eigenvalue weighted by molar-refractivity contribution is 0.351. The highest BCUT2D eigenvalue weighted by Gasteiger charge is 2.09. The molecule has 100 valence electrons. The van der Waals surface area contributed by atoms with E-state index >= 15 is 0 Å². The lowest BCUT2D eigenvalue weighted by Crippen LogP contribution is -2.05. The molecule has 0 bridgehead atoms. The van der Waals surface area contributed by atoms with Crippen molar-refractivity contribution < 1.29 is 4.74 Å². The summed E-state index contributed by atoms with van der Waals surface area (Å²) in [5.41, 5.74) is 3.22. The average Bonchev–Trinajstić information content (AvgIpc) is 2.46. The summed E-state index contributed by atoms with van der Waals surface area (Å²) >= 11 is 11.9. The maximum absolute atomic E-state index is 6.00. The van der Waals surface area contributed by atoms with Gasteiger partial charge >= 0.3 is 0 Å². The molecule has 0 saturated carbocycles. The van der Waals surface area contributed by atoms with Gasteiger partial charge in [0.2, 0.25) is 0 Å². The minimum atomic E-state index is 0.568. The first-order chi connectivity index (χ1) is 9.70. The molecule has 0 amide bonds. The Morgan fingerprint density at radius 2 is 1.65 bits per heavy atom. The fraction of sp³-hybridized carbons (Fsp3) is 0.0588. The van der Waals surface area contributed by atoms with Gasteiger partial charge in [-0.3, -0.25) is 0 Å². The smallest absolute Gasteiger partial charge is 0.127 e. The Morgan fingerprint density at radius 3 is 2.45 bits per heavy atom. The molecule has 0 fully saturated rings. The van der Waals surface area contributed by atoms with E-state index in [-0.39, 0.29) is 0 Å². The summed E-state index contributed by atoms with van der Waals surface area (Å²) in [6.45, 7) is 0.568. The van der Waals surface area contributed by atoms with Crippen LogP contribution in [0.25, 0.3) is 12.2 Å². The van der Waals surface area contributed by atoms with Gasteiger partial charge in [-0.1, -0.05) is 47.5 Å². The molecule has 1 aliphatic rings. The maximum Gasteiger partial charge on any atom is 0.127 e. The third-order valence-electron chi connectivity index (χ3n) is 3.07. The molecule has 0 saturated heterocycles. The number of rotatable bonds is 2. The third kappa shape index (κ3) is 3.06. The van der Waals surface area contributed by atoms with Crippen molar-refractivity contribution >= 4 is 35.4 Å². The fourth-order valence-corrected chi connectivity index (χ4v) is 2.35. The molecular weight excluding hydrogens is 291 g/mol. The topological polar surface area (TPSA) is 9.23 Å². The summed E-state index contributed by atoms with van der Waals surface area (Å²) in [6, 6.07) is 13.4. The third-order valence-corrected chi connectivity index (χ3v) is 3.55. The second-order valence-electron chi connectivity index (χ2n) is 4.57. The Balaban J connectivity index is 1.83. The summed E-state index contributed by atoms with van der Waals surface area (Å²) in [6.07, 6.45) is 6.19. The number of hydrogen-bond acceptors (Lipinski definition) is 1. The van der Waals surface area contributed by atoms with Gasteiger partial charge in [0.15, 0.2) is 0 Å². The van der Waals surface area contributed by atoms with Crippen LogP contribution in [0, 0.1) is 0 Å². The van der Waals surface area contributed by atoms with Crippen molar-refractivity contribution in [2.24, 2.45) is 0 Å². The highest BCUT2D eigenvalue weighted by Crippen LogP contribution is 2.29. The van der Waals surface area contributed by atoms with Crippen molar-refractivity contribution in [2.45, 2.75) is 0 Å². The van der Waals surface area contributed by atoms with Gasteiger partial charge in [-0.05, 0) is 47.5 Å². The van der Waals surface area contributed by atoms with E-state index < -0.39 is 0 Å². The Labute approximate surface area is 128 Å². The Morgan fingerprint density at radius 1 is 0.900 bits per heavy atom. The summed E-state index contributed by atoms with van der Waals surface area (Å²) in [7, 11) is 0. The molecule has 0 N–H and O–H groups in total. The van der Waals surface area contributed by atoms with Gasteiger partial charge in [-0.15, -0.1) is 0 Å². The number of halogens is 2. The summed E-state index contributed by atoms with van der Waals surface area (Å²) in [5.74, 6) is 0.873. The molecule has 1 heterocycles. The fourth-order valence-electron chi connectivity index (χ4n) is 2.04. The van der Waals surface area contributed by atoms with Gasteiger partial charge in [-0.2, -0.15) is 0 Å². The first-order valence-corrected chi connectivity index (χ1v) is 7.03. The van der Waals surface area contributed by atoms with Crippen molar-refractivity contribution in [1.29, 1.82) is 0 Å². The average molecular weight is 303 g/mol. The summed E-state index contributed by atoms with van der Waals surface area (Å²) < 4.78 is 5.70. The molecule has 0 aromatic heterocycles. The second kappa shape index (κ2) is 5.74. The lowest BCUT2D eigenvalue weighted by atomic mass is 10.1. The zero-order valence-corrected chi connectivity index (χ0v) is 12.2. The molecule has 1 nitrogen and oxygen atoms in total. The monoisotopic (exact) mass is 302 g/mol. The van der Waals surface area contributed by atoms with Crippen LogP contribution in [0.2, 0.25) is 10.0 Å². The molecule has 0 unspecified atom stereocenters. The Bertz CT molecular complexity index is 685. The van der Waals surface area contributed by atoms with E-state index in [1.54, 1.807) is 0 Å². The van der Waals surface area contributed by atoms with Gasteiger partial charge in [0, 0.05) is 15.6 Å². The van der Waals surface area contributed by atoms with Gasteiger partial charge < -0.3 is 4.74 Å². The Hall–Kier alpha value is -1.70. The molecule has 0 aliphatic carbocycles. The normalized spacial score (nSPS) is 13.8. The molecule has 2 aromatic carbocycles. The van der Waals surface area contributed by atoms with Crippen LogP contribution in [0.3, 0.4) is 0 Å². The molecule has 2 aromatic rings. The van der Waals surface area contributed by atoms with Crippen LogP contribution in [0.5, 0.6) is 5.75 Å². The van der Waals surface area contributed by atoms with Crippen LogP contribution in [0.4, 0.5) is 0 Å². The van der Waals surface area contributed by atoms with E-state index in [0.29, 0.717) is 11.6 Å². The molecule has 0 atom stereocenters. The quantitative estimate of drug-likeness (QED) is 0.713. The number of benzene rings is 2. The van der Waals surface area contributed by atoms with Crippen LogP contribution in [-0.4, -0.2) is 6.61 Å². The van der Waals surface area contributed by atoms with E-state index in [4.69, 9.17) is 27.9 Å². The Kier molecular flexibility index (Phi) is 3.81. The van der Waals surface area contributed by atoms with Crippen molar-refractivity contribution in [1.82, 2.24) is 0 Å². The standard InChI is InChI=1S/C17H12Cl2O/c18-15-5-3-12(4-6-15)1-2-13-9-14-10-16(19)7-8-17(14)20-11-13/h1-10H,11H2/b2-1+. The van der Waals surface area contributed by atoms with E-state index in [1.165, 1.54) is 0 Å². The largest absolute Gasteiger partial charge is 0.488 e. The van der Waals surface area contributed by atoms with Crippen LogP contribution in [0.1, 0.15) is 11.1 Å². The van der Waals surface area contributed by atoms with Gasteiger partial charge in [0.05, 0.1) is 0 Å². The van der Waals surface area contributed by atoms with Crippen molar-refractivity contribution in [3.63, 3.8) is 0 Å². The molecular formula is C17H12Cl2O. The van der Waals surface area contributed by atoms with E-state index in [0.717, 1.165) is 27.5 Å². The van der Waals surface area contributed by atoms with Crippen molar-refractivity contribution in [3.05, 3.63) is 75.3 Å². The first kappa shape index (κ1) is 13.3. The van der Waals surface area contributed by atoms with E-state index in [9.17, 15) is 0 Å². The predicted molar refractivity (Wildman–Crippen MR) is 85.4 cm³/mol. The summed E-state index contributed by atoms with van der Waals surface area (Å²) in [5, 5.41) is 1.46. The SMILES string of the molecule is Clc1ccc(/C=C/C2=Cc3cc(Cl)ccc3OC2)cc1. The van der Waals surface area contributed by atoms with Gasteiger partial charge in [0.1, 0.15) is 12.4 Å². The zero-order valence-electron chi connectivity index (χ0n) is 10.6. The van der Waals surface area contributed by atoms with Crippen LogP contribution in [-0.2, 0) is 0 Å². The van der Waals surface area contributed by atoms with Crippen molar-refractivity contribution in [2.75, 3.05) is 6.61 Å². The second-order valence-corrected chi connectivity index (χ2v) is 5.45. The molecule has 0 spiro atoms. The van der Waals surface area contributed by atoms with Crippen LogP contribution >= 0.6 is 23.2 Å². The molecule has 3 rings (SSSR count). The minimum absolute atomic E-state index is 0.568. The van der Waals surface area contributed by atoms with E-state index in [1.807, 2.05) is 54.6 Å². The van der Waals surface area contributed by atoms with E-state index in [2.05, 4.69) is 6.08 Å². The van der Waals surface area contributed by atoms with Crippen LogP contribution in [0.15, 0.2) is 54.1 Å². The number of ether oxygens (including phenoxy) is 1. The molecule has 1 aliphatic heterocycles. The van der Waals surface area contributed by atoms with Gasteiger partial charge in [-0.25, -0.2) is 0 Å². The highest BCUT2D eigenvalue weighted by molar-refractivity contribution is 6.31. The lowest BCUT2D eigenvalue weighted by Gasteiger charge is -2.16. The van der Waals surface area contributed by atoms with Crippen LogP contribution < -0.4 is 4.74 Å². The van der Waals surface area contributed by atoms with Crippen molar-refractivity contribution in [3.8, 4) is 5.75 Å². The summed E-state index contributed by atoms with van der Waals surface area (Å²) in [4.78, 5) is 0. The highest BCUT2D eigenvalue weighted by atomic mass is 35.5. The zero-order chi connectivity index (χ0) is 13.9. The molecule has 3 heteroatoms. The maximum atomic E-state index is 6.00. The predicted octanol–water partition coefficient (Wildman–Crippen LogP) is 5.48. The number of fused-ring (bicyclic) bond motifs is 1. The molecule has 20 heavy (non-hydrogen) atoms. The molecule has 0 radical (unpaired) electrons. The first-order valence-electron chi connectivity index (χ1n) is 6.27. The minimum Gasteiger partial charge on any atom is -0.488 e.